The lowest BCUT2D eigenvalue weighted by atomic mass is 10.3. The van der Waals surface area contributed by atoms with E-state index in [1.807, 2.05) is 18.5 Å². The van der Waals surface area contributed by atoms with Gasteiger partial charge in [-0.15, -0.1) is 0 Å². The molecule has 0 saturated heterocycles. The quantitative estimate of drug-likeness (QED) is 0.746. The predicted octanol–water partition coefficient (Wildman–Crippen LogP) is 1.66. The molecular weight excluding hydrogens is 192 g/mol. The molecule has 2 aromatic rings. The molecule has 1 fully saturated rings. The molecule has 3 rings (SSSR count). The molecule has 15 heavy (non-hydrogen) atoms. The standard InChI is InChI=1S/C10H12N4O/c1-6-8(14(2)5-11-6)10-12-9(13-15-10)7-3-4-7/h5,7H,3-4H2,1-2H3. The summed E-state index contributed by atoms with van der Waals surface area (Å²) in [7, 11) is 1.93. The summed E-state index contributed by atoms with van der Waals surface area (Å²) < 4.78 is 7.15. The number of aryl methyl sites for hydroxylation is 2. The second-order valence-corrected chi connectivity index (χ2v) is 4.02. The van der Waals surface area contributed by atoms with Gasteiger partial charge in [-0.2, -0.15) is 4.98 Å². The van der Waals surface area contributed by atoms with Crippen LogP contribution < -0.4 is 0 Å². The monoisotopic (exact) mass is 204 g/mol. The van der Waals surface area contributed by atoms with E-state index in [0.717, 1.165) is 17.2 Å². The Morgan fingerprint density at radius 1 is 1.47 bits per heavy atom. The maximum Gasteiger partial charge on any atom is 0.276 e. The Morgan fingerprint density at radius 2 is 2.27 bits per heavy atom. The highest BCUT2D eigenvalue weighted by Crippen LogP contribution is 2.38. The lowest BCUT2D eigenvalue weighted by Crippen LogP contribution is -1.91. The highest BCUT2D eigenvalue weighted by atomic mass is 16.5. The molecular formula is C10H12N4O. The van der Waals surface area contributed by atoms with Gasteiger partial charge in [-0.05, 0) is 19.8 Å². The van der Waals surface area contributed by atoms with E-state index in [0.29, 0.717) is 11.8 Å². The minimum absolute atomic E-state index is 0.524. The van der Waals surface area contributed by atoms with Gasteiger partial charge in [0.1, 0.15) is 5.69 Å². The second-order valence-electron chi connectivity index (χ2n) is 4.02. The summed E-state index contributed by atoms with van der Waals surface area (Å²) in [4.78, 5) is 8.60. The van der Waals surface area contributed by atoms with E-state index >= 15 is 0 Å². The van der Waals surface area contributed by atoms with Crippen molar-refractivity contribution < 1.29 is 4.52 Å². The average molecular weight is 204 g/mol. The first-order valence-corrected chi connectivity index (χ1v) is 5.07. The van der Waals surface area contributed by atoms with Crippen molar-refractivity contribution in [3.05, 3.63) is 17.8 Å². The summed E-state index contributed by atoms with van der Waals surface area (Å²) in [6.45, 7) is 1.94. The smallest absolute Gasteiger partial charge is 0.276 e. The Hall–Kier alpha value is -1.65. The van der Waals surface area contributed by atoms with Gasteiger partial charge in [0, 0.05) is 13.0 Å². The molecule has 0 bridgehead atoms. The van der Waals surface area contributed by atoms with Crippen molar-refractivity contribution in [1.82, 2.24) is 19.7 Å². The van der Waals surface area contributed by atoms with Crippen LogP contribution in [0.3, 0.4) is 0 Å². The molecule has 1 saturated carbocycles. The van der Waals surface area contributed by atoms with E-state index in [2.05, 4.69) is 15.1 Å². The number of hydrogen-bond acceptors (Lipinski definition) is 4. The molecule has 0 radical (unpaired) electrons. The normalized spacial score (nSPS) is 15.9. The Morgan fingerprint density at radius 3 is 2.87 bits per heavy atom. The minimum atomic E-state index is 0.524. The van der Waals surface area contributed by atoms with Crippen LogP contribution in [0.25, 0.3) is 11.6 Å². The van der Waals surface area contributed by atoms with Crippen molar-refractivity contribution in [2.75, 3.05) is 0 Å². The van der Waals surface area contributed by atoms with E-state index in [1.54, 1.807) is 6.33 Å². The number of rotatable bonds is 2. The first kappa shape index (κ1) is 8.64. The zero-order valence-corrected chi connectivity index (χ0v) is 8.77. The first-order valence-electron chi connectivity index (χ1n) is 5.07. The molecule has 0 atom stereocenters. The molecule has 5 nitrogen and oxygen atoms in total. The SMILES string of the molecule is Cc1ncn(C)c1-c1nc(C2CC2)no1. The summed E-state index contributed by atoms with van der Waals surface area (Å²) in [6, 6.07) is 0. The third kappa shape index (κ3) is 1.35. The van der Waals surface area contributed by atoms with E-state index in [9.17, 15) is 0 Å². The molecule has 1 aliphatic rings. The second kappa shape index (κ2) is 2.92. The van der Waals surface area contributed by atoms with E-state index in [-0.39, 0.29) is 0 Å². The van der Waals surface area contributed by atoms with Gasteiger partial charge in [-0.25, -0.2) is 4.98 Å². The van der Waals surface area contributed by atoms with Crippen LogP contribution in [-0.2, 0) is 7.05 Å². The highest BCUT2D eigenvalue weighted by Gasteiger charge is 2.29. The van der Waals surface area contributed by atoms with Crippen LogP contribution in [0, 0.1) is 6.92 Å². The number of nitrogens with zero attached hydrogens (tertiary/aromatic N) is 4. The predicted molar refractivity (Wildman–Crippen MR) is 53.2 cm³/mol. The van der Waals surface area contributed by atoms with Crippen molar-refractivity contribution in [1.29, 1.82) is 0 Å². The molecule has 1 aliphatic carbocycles. The Balaban J connectivity index is 2.04. The molecule has 2 heterocycles. The van der Waals surface area contributed by atoms with Gasteiger partial charge in [0.2, 0.25) is 0 Å². The third-order valence-electron chi connectivity index (χ3n) is 2.71. The zero-order chi connectivity index (χ0) is 10.4. The van der Waals surface area contributed by atoms with Crippen LogP contribution in [0.15, 0.2) is 10.9 Å². The van der Waals surface area contributed by atoms with Gasteiger partial charge in [-0.3, -0.25) is 0 Å². The first-order chi connectivity index (χ1) is 7.25. The van der Waals surface area contributed by atoms with Crippen molar-refractivity contribution in [2.24, 2.45) is 7.05 Å². The summed E-state index contributed by atoms with van der Waals surface area (Å²) >= 11 is 0. The maximum absolute atomic E-state index is 5.25. The molecule has 0 amide bonds. The van der Waals surface area contributed by atoms with Gasteiger partial charge < -0.3 is 9.09 Å². The van der Waals surface area contributed by atoms with Gasteiger partial charge in [0.05, 0.1) is 12.0 Å². The topological polar surface area (TPSA) is 56.7 Å². The van der Waals surface area contributed by atoms with Crippen molar-refractivity contribution in [2.45, 2.75) is 25.7 Å². The van der Waals surface area contributed by atoms with E-state index in [1.165, 1.54) is 12.8 Å². The average Bonchev–Trinajstić information content (AvgIpc) is 2.87. The number of hydrogen-bond donors (Lipinski definition) is 0. The molecule has 5 heteroatoms. The molecule has 2 aromatic heterocycles. The molecule has 0 aromatic carbocycles. The number of imidazole rings is 1. The highest BCUT2D eigenvalue weighted by molar-refractivity contribution is 5.50. The summed E-state index contributed by atoms with van der Waals surface area (Å²) in [6.07, 6.45) is 4.12. The lowest BCUT2D eigenvalue weighted by molar-refractivity contribution is 0.420. The fraction of sp³-hybridized carbons (Fsp3) is 0.500. The fourth-order valence-corrected chi connectivity index (χ4v) is 1.69. The van der Waals surface area contributed by atoms with Crippen LogP contribution in [-0.4, -0.2) is 19.7 Å². The molecule has 78 valence electrons. The van der Waals surface area contributed by atoms with Gasteiger partial charge >= 0.3 is 0 Å². The van der Waals surface area contributed by atoms with Crippen molar-refractivity contribution in [3.63, 3.8) is 0 Å². The Kier molecular flexibility index (Phi) is 1.68. The summed E-state index contributed by atoms with van der Waals surface area (Å²) in [5.41, 5.74) is 1.83. The van der Waals surface area contributed by atoms with Crippen LogP contribution >= 0.6 is 0 Å². The van der Waals surface area contributed by atoms with Gasteiger partial charge in [0.25, 0.3) is 5.89 Å². The van der Waals surface area contributed by atoms with Crippen LogP contribution in [0.2, 0.25) is 0 Å². The Bertz CT molecular complexity index is 476. The van der Waals surface area contributed by atoms with Gasteiger partial charge in [0.15, 0.2) is 5.82 Å². The van der Waals surface area contributed by atoms with E-state index < -0.39 is 0 Å². The molecule has 0 N–H and O–H groups in total. The van der Waals surface area contributed by atoms with Crippen molar-refractivity contribution >= 4 is 0 Å². The minimum Gasteiger partial charge on any atom is -0.332 e. The van der Waals surface area contributed by atoms with Crippen LogP contribution in [0.4, 0.5) is 0 Å². The van der Waals surface area contributed by atoms with E-state index in [4.69, 9.17) is 4.52 Å². The largest absolute Gasteiger partial charge is 0.332 e. The zero-order valence-electron chi connectivity index (χ0n) is 8.77. The summed E-state index contributed by atoms with van der Waals surface area (Å²) in [5, 5.41) is 3.99. The molecule has 0 spiro atoms. The fourth-order valence-electron chi connectivity index (χ4n) is 1.69. The van der Waals surface area contributed by atoms with Crippen molar-refractivity contribution in [3.8, 4) is 11.6 Å². The van der Waals surface area contributed by atoms with Crippen LogP contribution in [0.1, 0.15) is 30.3 Å². The maximum atomic E-state index is 5.25. The number of aromatic nitrogens is 4. The molecule has 0 aliphatic heterocycles. The Labute approximate surface area is 87.1 Å². The summed E-state index contributed by atoms with van der Waals surface area (Å²) in [5.74, 6) is 1.94. The molecule has 0 unspecified atom stereocenters. The van der Waals surface area contributed by atoms with Gasteiger partial charge in [-0.1, -0.05) is 5.16 Å². The third-order valence-corrected chi connectivity index (χ3v) is 2.71. The van der Waals surface area contributed by atoms with Crippen LogP contribution in [0.5, 0.6) is 0 Å². The lowest BCUT2D eigenvalue weighted by Gasteiger charge is -1.95.